The summed E-state index contributed by atoms with van der Waals surface area (Å²) in [6.07, 6.45) is 1.73. The summed E-state index contributed by atoms with van der Waals surface area (Å²) < 4.78 is 17.0. The van der Waals surface area contributed by atoms with Crippen LogP contribution in [0.3, 0.4) is 0 Å². The van der Waals surface area contributed by atoms with Crippen LogP contribution in [-0.2, 0) is 0 Å². The van der Waals surface area contributed by atoms with E-state index in [0.717, 1.165) is 15.5 Å². The van der Waals surface area contributed by atoms with Crippen LogP contribution in [-0.4, -0.2) is 9.55 Å². The molecule has 20 heavy (non-hydrogen) atoms. The third kappa shape index (κ3) is 2.34. The first-order valence-electron chi connectivity index (χ1n) is 6.13. The Labute approximate surface area is 129 Å². The van der Waals surface area contributed by atoms with Gasteiger partial charge in [-0.25, -0.2) is 9.37 Å². The van der Waals surface area contributed by atoms with Gasteiger partial charge in [-0.3, -0.25) is 0 Å². The number of hydrogen-bond donors (Lipinski definition) is 0. The Morgan fingerprint density at radius 2 is 2.05 bits per heavy atom. The molecule has 0 fully saturated rings. The molecule has 2 aromatic carbocycles. The summed E-state index contributed by atoms with van der Waals surface area (Å²) in [6.45, 7) is 1.94. The van der Waals surface area contributed by atoms with Crippen LogP contribution >= 0.6 is 27.5 Å². The van der Waals surface area contributed by atoms with E-state index in [1.807, 2.05) is 29.7 Å². The van der Waals surface area contributed by atoms with Crippen molar-refractivity contribution in [3.63, 3.8) is 0 Å². The number of rotatable bonds is 2. The number of hydrogen-bond acceptors (Lipinski definition) is 1. The third-order valence-corrected chi connectivity index (χ3v) is 4.10. The maximum absolute atomic E-state index is 14.0. The van der Waals surface area contributed by atoms with Crippen molar-refractivity contribution >= 4 is 38.6 Å². The zero-order chi connectivity index (χ0) is 14.3. The van der Waals surface area contributed by atoms with Crippen LogP contribution in [0.5, 0.6) is 0 Å². The highest BCUT2D eigenvalue weighted by atomic mass is 79.9. The van der Waals surface area contributed by atoms with E-state index in [4.69, 9.17) is 11.6 Å². The molecule has 2 nitrogen and oxygen atoms in total. The molecule has 0 aliphatic rings. The van der Waals surface area contributed by atoms with Crippen LogP contribution in [0, 0.1) is 5.82 Å². The predicted octanol–water partition coefficient (Wildman–Crippen LogP) is 5.20. The van der Waals surface area contributed by atoms with E-state index in [-0.39, 0.29) is 11.9 Å². The molecule has 3 aromatic rings. The van der Waals surface area contributed by atoms with Crippen molar-refractivity contribution in [2.75, 3.05) is 0 Å². The van der Waals surface area contributed by atoms with Crippen molar-refractivity contribution in [3.8, 4) is 0 Å². The summed E-state index contributed by atoms with van der Waals surface area (Å²) in [6, 6.07) is 10.4. The monoisotopic (exact) mass is 352 g/mol. The number of halogens is 3. The second kappa shape index (κ2) is 5.19. The van der Waals surface area contributed by atoms with Gasteiger partial charge in [0.15, 0.2) is 0 Å². The number of benzene rings is 2. The summed E-state index contributed by atoms with van der Waals surface area (Å²) in [7, 11) is 0. The van der Waals surface area contributed by atoms with Gasteiger partial charge in [0.05, 0.1) is 23.4 Å². The van der Waals surface area contributed by atoms with Gasteiger partial charge in [0.25, 0.3) is 0 Å². The summed E-state index contributed by atoms with van der Waals surface area (Å²) >= 11 is 9.25. The van der Waals surface area contributed by atoms with Crippen LogP contribution in [0.15, 0.2) is 47.2 Å². The topological polar surface area (TPSA) is 17.8 Å². The minimum Gasteiger partial charge on any atom is -0.323 e. The minimum absolute atomic E-state index is 0.161. The van der Waals surface area contributed by atoms with Crippen molar-refractivity contribution in [1.82, 2.24) is 9.55 Å². The largest absolute Gasteiger partial charge is 0.323 e. The Morgan fingerprint density at radius 3 is 2.80 bits per heavy atom. The first-order chi connectivity index (χ1) is 9.56. The van der Waals surface area contributed by atoms with Crippen LogP contribution in [0.4, 0.5) is 4.39 Å². The third-order valence-electron chi connectivity index (χ3n) is 3.37. The van der Waals surface area contributed by atoms with Crippen LogP contribution < -0.4 is 0 Å². The lowest BCUT2D eigenvalue weighted by Crippen LogP contribution is -2.07. The first kappa shape index (κ1) is 13.6. The van der Waals surface area contributed by atoms with E-state index in [1.165, 1.54) is 6.07 Å². The average molecular weight is 354 g/mol. The molecule has 0 N–H and O–H groups in total. The zero-order valence-corrected chi connectivity index (χ0v) is 13.0. The molecule has 0 unspecified atom stereocenters. The molecule has 0 amide bonds. The Bertz CT molecular complexity index is 785. The van der Waals surface area contributed by atoms with Crippen LogP contribution in [0.1, 0.15) is 18.5 Å². The molecule has 0 aliphatic heterocycles. The summed E-state index contributed by atoms with van der Waals surface area (Å²) in [4.78, 5) is 4.35. The van der Waals surface area contributed by atoms with Gasteiger partial charge < -0.3 is 4.57 Å². The molecule has 3 rings (SSSR count). The van der Waals surface area contributed by atoms with Crippen molar-refractivity contribution in [2.24, 2.45) is 0 Å². The average Bonchev–Trinajstić information content (AvgIpc) is 2.81. The maximum Gasteiger partial charge on any atom is 0.129 e. The number of aromatic nitrogens is 2. The highest BCUT2D eigenvalue weighted by molar-refractivity contribution is 9.10. The Balaban J connectivity index is 2.12. The molecular weight excluding hydrogens is 343 g/mol. The molecule has 0 radical (unpaired) electrons. The molecule has 0 saturated heterocycles. The Morgan fingerprint density at radius 1 is 1.25 bits per heavy atom. The predicted molar refractivity (Wildman–Crippen MR) is 82.7 cm³/mol. The number of nitrogens with zero attached hydrogens (tertiary/aromatic N) is 2. The Kier molecular flexibility index (Phi) is 3.52. The highest BCUT2D eigenvalue weighted by Crippen LogP contribution is 2.28. The molecule has 0 saturated carbocycles. The number of imidazole rings is 1. The molecule has 1 heterocycles. The summed E-state index contributed by atoms with van der Waals surface area (Å²) in [5.74, 6) is -0.304. The second-order valence-corrected chi connectivity index (χ2v) is 5.98. The van der Waals surface area contributed by atoms with E-state index >= 15 is 0 Å². The van der Waals surface area contributed by atoms with Crippen molar-refractivity contribution < 1.29 is 4.39 Å². The quantitative estimate of drug-likeness (QED) is 0.619. The lowest BCUT2D eigenvalue weighted by molar-refractivity contribution is 0.564. The van der Waals surface area contributed by atoms with Gasteiger partial charge in [-0.2, -0.15) is 0 Å². The molecular formula is C15H11BrClFN2. The van der Waals surface area contributed by atoms with E-state index in [0.29, 0.717) is 10.6 Å². The van der Waals surface area contributed by atoms with Gasteiger partial charge in [-0.05, 0) is 37.3 Å². The molecule has 1 atom stereocenters. The number of fused-ring (bicyclic) bond motifs is 1. The van der Waals surface area contributed by atoms with Gasteiger partial charge in [-0.1, -0.05) is 33.6 Å². The van der Waals surface area contributed by atoms with Gasteiger partial charge in [0, 0.05) is 15.1 Å². The van der Waals surface area contributed by atoms with E-state index in [1.54, 1.807) is 18.5 Å². The normalized spacial score (nSPS) is 12.8. The lowest BCUT2D eigenvalue weighted by atomic mass is 10.1. The van der Waals surface area contributed by atoms with Crippen molar-refractivity contribution in [2.45, 2.75) is 13.0 Å². The second-order valence-electron chi connectivity index (χ2n) is 4.63. The molecule has 0 spiro atoms. The summed E-state index contributed by atoms with van der Waals surface area (Å²) in [5, 5.41) is 0.400. The van der Waals surface area contributed by atoms with E-state index in [9.17, 15) is 4.39 Å². The Hall–Kier alpha value is -1.39. The van der Waals surface area contributed by atoms with Crippen LogP contribution in [0.25, 0.3) is 11.0 Å². The van der Waals surface area contributed by atoms with E-state index < -0.39 is 0 Å². The SMILES string of the molecule is C[C@H](c1ccc(Cl)cc1F)n1cnc2ccc(Br)cc21. The molecule has 0 aliphatic carbocycles. The van der Waals surface area contributed by atoms with Crippen molar-refractivity contribution in [1.29, 1.82) is 0 Å². The standard InChI is InChI=1S/C15H11BrClFN2/c1-9(12-4-3-11(17)7-13(12)18)20-8-19-14-5-2-10(16)6-15(14)20/h2-9H,1H3/t9-/m1/s1. The summed E-state index contributed by atoms with van der Waals surface area (Å²) in [5.41, 5.74) is 2.43. The van der Waals surface area contributed by atoms with E-state index in [2.05, 4.69) is 20.9 Å². The van der Waals surface area contributed by atoms with Gasteiger partial charge >= 0.3 is 0 Å². The van der Waals surface area contributed by atoms with Gasteiger partial charge in [0.2, 0.25) is 0 Å². The van der Waals surface area contributed by atoms with Crippen molar-refractivity contribution in [3.05, 3.63) is 63.6 Å². The first-order valence-corrected chi connectivity index (χ1v) is 7.30. The van der Waals surface area contributed by atoms with Crippen LogP contribution in [0.2, 0.25) is 5.02 Å². The molecule has 0 bridgehead atoms. The smallest absolute Gasteiger partial charge is 0.129 e. The minimum atomic E-state index is -0.304. The fourth-order valence-electron chi connectivity index (χ4n) is 2.30. The maximum atomic E-state index is 14.0. The molecule has 1 aromatic heterocycles. The lowest BCUT2D eigenvalue weighted by Gasteiger charge is -2.16. The fourth-order valence-corrected chi connectivity index (χ4v) is 2.81. The van der Waals surface area contributed by atoms with Gasteiger partial charge in [0.1, 0.15) is 5.82 Å². The molecule has 102 valence electrons. The zero-order valence-electron chi connectivity index (χ0n) is 10.6. The fraction of sp³-hybridized carbons (Fsp3) is 0.133. The highest BCUT2D eigenvalue weighted by Gasteiger charge is 2.15. The molecule has 5 heteroatoms. The van der Waals surface area contributed by atoms with Gasteiger partial charge in [-0.15, -0.1) is 0 Å².